The Labute approximate surface area is 493 Å². The molecule has 7 aliphatic rings. The summed E-state index contributed by atoms with van der Waals surface area (Å²) in [5, 5.41) is 21.6. The summed E-state index contributed by atoms with van der Waals surface area (Å²) in [6.07, 6.45) is 16.6. The molecule has 13 rings (SSSR count). The number of ether oxygens (including phenoxy) is 2. The highest BCUT2D eigenvalue weighted by Crippen LogP contribution is 2.68. The molecule has 0 unspecified atom stereocenters. The summed E-state index contributed by atoms with van der Waals surface area (Å²) in [4.78, 5) is 13.1. The SMILES string of the molecule is COc1ccc(Br)c(C[C@@H]2CCC[C@@H](Cc3cc(C)ccc3Br)C2=O)c1.COc1ccc(Br)c2c1[C@@]13c4c(C)ccc(Br)c4C[C@@H]1CCC[C@H]3C2.Oc1ccc(Br)c2c1C13c4c(O)ccc(Br)c4C[C@@H]1CCC[C@H]3C2. The van der Waals surface area contributed by atoms with Crippen LogP contribution in [-0.2, 0) is 54.1 Å². The lowest BCUT2D eigenvalue weighted by Crippen LogP contribution is -2.41. The van der Waals surface area contributed by atoms with Gasteiger partial charge in [0.15, 0.2) is 0 Å². The molecule has 7 aliphatic carbocycles. The van der Waals surface area contributed by atoms with Crippen LogP contribution in [0.5, 0.6) is 23.0 Å². The van der Waals surface area contributed by atoms with E-state index >= 15 is 0 Å². The van der Waals surface area contributed by atoms with Crippen molar-refractivity contribution < 1.29 is 24.5 Å². The van der Waals surface area contributed by atoms with Crippen LogP contribution in [0.3, 0.4) is 0 Å². The molecule has 2 N–H and O–H groups in total. The molecule has 392 valence electrons. The average molecular weight is 1390 g/mol. The molecule has 0 amide bonds. The largest absolute Gasteiger partial charge is 0.508 e. The maximum Gasteiger partial charge on any atom is 0.139 e. The Morgan fingerprint density at radius 1 is 0.480 bits per heavy atom. The van der Waals surface area contributed by atoms with E-state index in [1.54, 1.807) is 30.4 Å². The monoisotopic (exact) mass is 1390 g/mol. The van der Waals surface area contributed by atoms with Crippen molar-refractivity contribution in [1.29, 1.82) is 0 Å². The molecule has 0 aromatic heterocycles. The van der Waals surface area contributed by atoms with Crippen LogP contribution in [0.4, 0.5) is 0 Å². The van der Waals surface area contributed by atoms with E-state index in [0.717, 1.165) is 104 Å². The molecular formula is C64H64Br6O5. The number of methoxy groups -OCH3 is 2. The van der Waals surface area contributed by atoms with Crippen LogP contribution in [0.15, 0.2) is 112 Å². The fourth-order valence-electron chi connectivity index (χ4n) is 16.1. The first-order chi connectivity index (χ1) is 36.1. The summed E-state index contributed by atoms with van der Waals surface area (Å²) in [7, 11) is 3.50. The first-order valence-corrected chi connectivity index (χ1v) is 31.6. The number of hydrogen-bond donors (Lipinski definition) is 2. The van der Waals surface area contributed by atoms with Gasteiger partial charge in [-0.05, 0) is 226 Å². The fourth-order valence-corrected chi connectivity index (χ4v) is 18.8. The number of phenolic OH excluding ortho intramolecular Hbond substituents is 2. The van der Waals surface area contributed by atoms with Gasteiger partial charge < -0.3 is 19.7 Å². The van der Waals surface area contributed by atoms with Crippen LogP contribution in [-0.4, -0.2) is 30.2 Å². The zero-order valence-corrected chi connectivity index (χ0v) is 52.6. The van der Waals surface area contributed by atoms with Gasteiger partial charge in [-0.1, -0.05) is 139 Å². The minimum absolute atomic E-state index is 0.0979. The number of carbonyl (C=O) groups is 1. The van der Waals surface area contributed by atoms with Crippen molar-refractivity contribution in [2.45, 2.75) is 121 Å². The molecule has 6 aromatic rings. The minimum atomic E-state index is -0.232. The molecule has 6 aromatic carbocycles. The standard InChI is InChI=1S/C22H24Br2O2.C22H22Br2O.C20H18Br2O2/c1-14-6-8-20(23)17(10-14)11-15-4-3-5-16(22(15)25)12-18-13-19(26-2)7-9-21(18)24;1-12-6-7-17(23)15-10-13-4-3-5-14-11-16-18(24)8-9-19(25-2)21(16)22(13,14)20(12)15;21-14-4-6-16(23)18-12(14)8-10-2-1-3-11-9-13-15(22)5-7-17(24)19(13)20(10,11)18/h6-10,13,15-16H,3-5,11-12H2,1-2H3;6-9,13-14H,3-5,10-11H2,1-2H3;4-7,10-11,23-24H,1-3,8-9H2/t15-,16-;13-,14-,22-;10-,11-,20?/m000/s1. The lowest BCUT2D eigenvalue weighted by atomic mass is 9.59. The first kappa shape index (κ1) is 54.0. The van der Waals surface area contributed by atoms with E-state index < -0.39 is 0 Å². The van der Waals surface area contributed by atoms with Crippen molar-refractivity contribution >= 4 is 101 Å². The molecule has 0 heterocycles. The number of fused-ring (bicyclic) bond motifs is 4. The Morgan fingerprint density at radius 2 is 0.893 bits per heavy atom. The maximum atomic E-state index is 13.1. The van der Waals surface area contributed by atoms with Gasteiger partial charge in [0.2, 0.25) is 0 Å². The predicted molar refractivity (Wildman–Crippen MR) is 322 cm³/mol. The molecule has 7 atom stereocenters. The Hall–Kier alpha value is -2.93. The summed E-state index contributed by atoms with van der Waals surface area (Å²) < 4.78 is 18.1. The summed E-state index contributed by atoms with van der Waals surface area (Å²) in [5.41, 5.74) is 15.7. The Morgan fingerprint density at radius 3 is 1.40 bits per heavy atom. The Kier molecular flexibility index (Phi) is 15.6. The number of Topliss-reactive ketones (excluding diaryl/α,β-unsaturated/α-hetero) is 1. The zero-order chi connectivity index (χ0) is 52.7. The molecule has 0 radical (unpaired) electrons. The summed E-state index contributed by atoms with van der Waals surface area (Å²) in [6, 6.07) is 28.7. The van der Waals surface area contributed by atoms with E-state index in [2.05, 4.69) is 152 Å². The molecule has 0 aliphatic heterocycles. The average Bonchev–Trinajstić information content (AvgIpc) is 4.20. The lowest BCUT2D eigenvalue weighted by Gasteiger charge is -2.44. The highest BCUT2D eigenvalue weighted by molar-refractivity contribution is 9.11. The van der Waals surface area contributed by atoms with Crippen molar-refractivity contribution in [3.8, 4) is 23.0 Å². The summed E-state index contributed by atoms with van der Waals surface area (Å²) in [5.74, 6) is 5.63. The molecule has 0 saturated heterocycles. The molecule has 5 nitrogen and oxygen atoms in total. The highest BCUT2D eigenvalue weighted by atomic mass is 79.9. The van der Waals surface area contributed by atoms with Gasteiger partial charge >= 0.3 is 0 Å². The van der Waals surface area contributed by atoms with Gasteiger partial charge in [-0.3, -0.25) is 4.79 Å². The van der Waals surface area contributed by atoms with E-state index in [0.29, 0.717) is 41.0 Å². The van der Waals surface area contributed by atoms with Crippen LogP contribution in [0, 0.1) is 49.4 Å². The van der Waals surface area contributed by atoms with Crippen LogP contribution >= 0.6 is 95.6 Å². The van der Waals surface area contributed by atoms with Gasteiger partial charge in [-0.2, -0.15) is 0 Å². The van der Waals surface area contributed by atoms with E-state index in [-0.39, 0.29) is 22.7 Å². The number of carbonyl (C=O) groups excluding carboxylic acids is 1. The zero-order valence-electron chi connectivity index (χ0n) is 43.0. The van der Waals surface area contributed by atoms with E-state index in [1.165, 1.54) is 86.4 Å². The van der Waals surface area contributed by atoms with Crippen LogP contribution in [0.2, 0.25) is 0 Å². The second kappa shape index (κ2) is 21.6. The molecule has 3 saturated carbocycles. The highest BCUT2D eigenvalue weighted by Gasteiger charge is 2.62. The van der Waals surface area contributed by atoms with Crippen molar-refractivity contribution in [3.05, 3.63) is 179 Å². The second-order valence-corrected chi connectivity index (χ2v) is 27.7. The molecule has 0 bridgehead atoms. The third kappa shape index (κ3) is 9.10. The molecule has 75 heavy (non-hydrogen) atoms. The topological polar surface area (TPSA) is 76.0 Å². The number of ketones is 1. The number of benzene rings is 6. The van der Waals surface area contributed by atoms with Crippen molar-refractivity contribution in [2.75, 3.05) is 14.2 Å². The third-order valence-corrected chi connectivity index (χ3v) is 23.4. The van der Waals surface area contributed by atoms with E-state index in [9.17, 15) is 15.0 Å². The predicted octanol–water partition coefficient (Wildman–Crippen LogP) is 18.1. The van der Waals surface area contributed by atoms with E-state index in [4.69, 9.17) is 9.47 Å². The number of phenols is 2. The Bertz CT molecular complexity index is 3160. The van der Waals surface area contributed by atoms with Gasteiger partial charge in [0.25, 0.3) is 0 Å². The van der Waals surface area contributed by atoms with Crippen LogP contribution in [0.1, 0.15) is 125 Å². The van der Waals surface area contributed by atoms with Gasteiger partial charge in [0, 0.05) is 66.2 Å². The quantitative estimate of drug-likeness (QED) is 0.174. The van der Waals surface area contributed by atoms with Crippen molar-refractivity contribution in [2.24, 2.45) is 35.5 Å². The lowest BCUT2D eigenvalue weighted by molar-refractivity contribution is -0.129. The maximum absolute atomic E-state index is 13.1. The number of hydrogen-bond acceptors (Lipinski definition) is 5. The molecule has 11 heteroatoms. The molecule has 2 spiro atoms. The van der Waals surface area contributed by atoms with Gasteiger partial charge in [-0.15, -0.1) is 0 Å². The Balaban J connectivity index is 0.000000120. The summed E-state index contributed by atoms with van der Waals surface area (Å²) in [6.45, 7) is 4.40. The van der Waals surface area contributed by atoms with Crippen molar-refractivity contribution in [1.82, 2.24) is 0 Å². The van der Waals surface area contributed by atoms with Gasteiger partial charge in [0.05, 0.1) is 14.2 Å². The third-order valence-electron chi connectivity index (χ3n) is 18.9. The number of rotatable bonds is 6. The van der Waals surface area contributed by atoms with Gasteiger partial charge in [0.1, 0.15) is 28.8 Å². The number of aryl methyl sites for hydroxylation is 2. The minimum Gasteiger partial charge on any atom is -0.508 e. The van der Waals surface area contributed by atoms with Gasteiger partial charge in [-0.25, -0.2) is 0 Å². The normalized spacial score (nSPS) is 26.2. The second-order valence-electron chi connectivity index (χ2n) is 22.6. The van der Waals surface area contributed by atoms with Crippen LogP contribution < -0.4 is 9.47 Å². The number of halogens is 6. The first-order valence-electron chi connectivity index (χ1n) is 26.9. The fraction of sp³-hybridized carbons (Fsp3) is 0.422. The summed E-state index contributed by atoms with van der Waals surface area (Å²) >= 11 is 22.4. The van der Waals surface area contributed by atoms with E-state index in [1.807, 2.05) is 37.4 Å². The number of aromatic hydroxyl groups is 2. The van der Waals surface area contributed by atoms with Crippen molar-refractivity contribution in [3.63, 3.8) is 0 Å². The smallest absolute Gasteiger partial charge is 0.139 e. The molecular weight excluding hydrogens is 1330 g/mol. The van der Waals surface area contributed by atoms with Crippen LogP contribution in [0.25, 0.3) is 0 Å². The molecule has 3 fully saturated rings.